The SMILES string of the molecule is Cc1cc(C(C)Nc2ccccc2S(C)(=O)=O)c2cc(N3CCC(F)(F)CC3)n3cnnc3c2c1. The van der Waals surface area contributed by atoms with Crippen LogP contribution in [-0.4, -0.2) is 48.3 Å². The van der Waals surface area contributed by atoms with E-state index in [4.69, 9.17) is 0 Å². The van der Waals surface area contributed by atoms with Crippen molar-refractivity contribution in [2.75, 3.05) is 29.6 Å². The van der Waals surface area contributed by atoms with Crippen LogP contribution in [0.25, 0.3) is 16.4 Å². The Morgan fingerprint density at radius 3 is 2.51 bits per heavy atom. The molecule has 1 N–H and O–H groups in total. The van der Waals surface area contributed by atoms with Gasteiger partial charge >= 0.3 is 0 Å². The first-order chi connectivity index (χ1) is 16.5. The first-order valence-electron chi connectivity index (χ1n) is 11.5. The van der Waals surface area contributed by atoms with Crippen LogP contribution >= 0.6 is 0 Å². The highest BCUT2D eigenvalue weighted by molar-refractivity contribution is 7.90. The third kappa shape index (κ3) is 4.42. The van der Waals surface area contributed by atoms with Crippen LogP contribution in [0.15, 0.2) is 53.7 Å². The molecule has 0 spiro atoms. The fourth-order valence-electron chi connectivity index (χ4n) is 4.84. The van der Waals surface area contributed by atoms with Gasteiger partial charge in [0.2, 0.25) is 0 Å². The van der Waals surface area contributed by atoms with Gasteiger partial charge in [-0.15, -0.1) is 10.2 Å². The second kappa shape index (κ2) is 8.44. The van der Waals surface area contributed by atoms with Crippen molar-refractivity contribution in [3.63, 3.8) is 0 Å². The third-order valence-electron chi connectivity index (χ3n) is 6.61. The van der Waals surface area contributed by atoms with Crippen LogP contribution in [0.4, 0.5) is 20.3 Å². The van der Waals surface area contributed by atoms with Gasteiger partial charge in [-0.1, -0.05) is 23.8 Å². The number of anilines is 2. The second-order valence-electron chi connectivity index (χ2n) is 9.32. The van der Waals surface area contributed by atoms with Gasteiger partial charge < -0.3 is 10.2 Å². The largest absolute Gasteiger partial charge is 0.377 e. The van der Waals surface area contributed by atoms with E-state index in [0.717, 1.165) is 27.7 Å². The third-order valence-corrected chi connectivity index (χ3v) is 7.76. The van der Waals surface area contributed by atoms with Crippen molar-refractivity contribution in [1.82, 2.24) is 14.6 Å². The van der Waals surface area contributed by atoms with E-state index in [1.165, 1.54) is 6.26 Å². The minimum atomic E-state index is -3.42. The minimum Gasteiger partial charge on any atom is -0.377 e. The molecule has 0 radical (unpaired) electrons. The average molecular weight is 500 g/mol. The molecule has 0 saturated carbocycles. The Morgan fingerprint density at radius 2 is 1.80 bits per heavy atom. The van der Waals surface area contributed by atoms with Gasteiger partial charge in [-0.05, 0) is 49.1 Å². The van der Waals surface area contributed by atoms with Gasteiger partial charge in [0.05, 0.1) is 10.6 Å². The molecule has 1 atom stereocenters. The molecule has 5 rings (SSSR count). The highest BCUT2D eigenvalue weighted by Crippen LogP contribution is 2.36. The van der Waals surface area contributed by atoms with Crippen molar-refractivity contribution < 1.29 is 17.2 Å². The van der Waals surface area contributed by atoms with Crippen LogP contribution in [-0.2, 0) is 9.84 Å². The Bertz CT molecular complexity index is 1520. The zero-order valence-corrected chi connectivity index (χ0v) is 20.6. The van der Waals surface area contributed by atoms with Gasteiger partial charge in [-0.25, -0.2) is 17.2 Å². The number of nitrogens with zero attached hydrogens (tertiary/aromatic N) is 4. The molecule has 7 nitrogen and oxygen atoms in total. The smallest absolute Gasteiger partial charge is 0.251 e. The molecule has 4 aromatic rings. The first-order valence-corrected chi connectivity index (χ1v) is 13.4. The number of piperidine rings is 1. The molecule has 10 heteroatoms. The predicted octanol–water partition coefficient (Wildman–Crippen LogP) is 5.00. The molecule has 2 aromatic carbocycles. The highest BCUT2D eigenvalue weighted by atomic mass is 32.2. The lowest BCUT2D eigenvalue weighted by Crippen LogP contribution is -2.40. The van der Waals surface area contributed by atoms with E-state index in [2.05, 4.69) is 21.6 Å². The first kappa shape index (κ1) is 23.5. The average Bonchev–Trinajstić information content (AvgIpc) is 3.28. The minimum absolute atomic E-state index is 0.199. The van der Waals surface area contributed by atoms with Crippen LogP contribution in [0.1, 0.15) is 36.9 Å². The molecule has 2 aromatic heterocycles. The van der Waals surface area contributed by atoms with Crippen LogP contribution < -0.4 is 10.2 Å². The summed E-state index contributed by atoms with van der Waals surface area (Å²) < 4.78 is 54.1. The number of para-hydroxylation sites is 1. The standard InChI is InChI=1S/C25H27F2N5O2S/c1-16-12-18(17(2)29-21-6-4-5-7-22(21)35(3,33)34)19-14-23(31-10-8-25(26,27)9-11-31)32-15-28-30-24(32)20(19)13-16/h4-7,12-15,17,29H,8-11H2,1-3H3. The number of hydrogen-bond donors (Lipinski definition) is 1. The summed E-state index contributed by atoms with van der Waals surface area (Å²) in [4.78, 5) is 2.19. The van der Waals surface area contributed by atoms with Gasteiger partial charge in [0.25, 0.3) is 5.92 Å². The fourth-order valence-corrected chi connectivity index (χ4v) is 5.69. The lowest BCUT2D eigenvalue weighted by atomic mass is 9.97. The van der Waals surface area contributed by atoms with Gasteiger partial charge in [-0.2, -0.15) is 0 Å². The summed E-state index contributed by atoms with van der Waals surface area (Å²) in [6.45, 7) is 4.45. The van der Waals surface area contributed by atoms with Crippen LogP contribution in [0.3, 0.4) is 0 Å². The molecule has 1 unspecified atom stereocenters. The molecule has 184 valence electrons. The summed E-state index contributed by atoms with van der Waals surface area (Å²) in [5.41, 5.74) is 3.16. The lowest BCUT2D eigenvalue weighted by molar-refractivity contribution is -0.0221. The highest BCUT2D eigenvalue weighted by Gasteiger charge is 2.35. The number of rotatable bonds is 5. The number of hydrogen-bond acceptors (Lipinski definition) is 6. The van der Waals surface area contributed by atoms with E-state index in [1.807, 2.05) is 35.3 Å². The molecular weight excluding hydrogens is 472 g/mol. The Kier molecular flexibility index (Phi) is 5.66. The number of benzene rings is 2. The zero-order chi connectivity index (χ0) is 25.0. The van der Waals surface area contributed by atoms with Gasteiger partial charge in [-0.3, -0.25) is 4.40 Å². The topological polar surface area (TPSA) is 79.6 Å². The molecule has 0 bridgehead atoms. The quantitative estimate of drug-likeness (QED) is 0.416. The monoisotopic (exact) mass is 499 g/mol. The fraction of sp³-hybridized carbons (Fsp3) is 0.360. The number of alkyl halides is 2. The van der Waals surface area contributed by atoms with Crippen molar-refractivity contribution in [1.29, 1.82) is 0 Å². The Hall–Kier alpha value is -3.27. The van der Waals surface area contributed by atoms with Crippen molar-refractivity contribution in [2.24, 2.45) is 0 Å². The van der Waals surface area contributed by atoms with Gasteiger partial charge in [0, 0.05) is 43.6 Å². The van der Waals surface area contributed by atoms with E-state index < -0.39 is 15.8 Å². The Morgan fingerprint density at radius 1 is 1.09 bits per heavy atom. The van der Waals surface area contributed by atoms with Crippen LogP contribution in [0, 0.1) is 6.92 Å². The maximum Gasteiger partial charge on any atom is 0.251 e. The number of sulfone groups is 1. The van der Waals surface area contributed by atoms with Crippen molar-refractivity contribution in [3.05, 3.63) is 59.9 Å². The van der Waals surface area contributed by atoms with Crippen molar-refractivity contribution in [3.8, 4) is 0 Å². The van der Waals surface area contributed by atoms with E-state index in [0.29, 0.717) is 11.3 Å². The maximum atomic E-state index is 13.8. The summed E-state index contributed by atoms with van der Waals surface area (Å²) in [6, 6.07) is 12.7. The number of halogens is 2. The summed E-state index contributed by atoms with van der Waals surface area (Å²) in [5, 5.41) is 13.6. The molecule has 1 aliphatic rings. The van der Waals surface area contributed by atoms with E-state index in [-0.39, 0.29) is 36.9 Å². The molecular formula is C25H27F2N5O2S. The summed E-state index contributed by atoms with van der Waals surface area (Å²) in [6.07, 6.45) is 2.41. The number of fused-ring (bicyclic) bond motifs is 3. The number of nitrogens with one attached hydrogen (secondary N) is 1. The number of aromatic nitrogens is 3. The second-order valence-corrected chi connectivity index (χ2v) is 11.3. The summed E-state index contributed by atoms with van der Waals surface area (Å²) in [5.74, 6) is -1.88. The van der Waals surface area contributed by atoms with Gasteiger partial charge in [0.1, 0.15) is 12.1 Å². The maximum absolute atomic E-state index is 13.8. The van der Waals surface area contributed by atoms with E-state index >= 15 is 0 Å². The van der Waals surface area contributed by atoms with Crippen LogP contribution in [0.2, 0.25) is 0 Å². The Labute approximate surface area is 202 Å². The molecule has 1 aliphatic heterocycles. The molecule has 1 fully saturated rings. The van der Waals surface area contributed by atoms with Crippen molar-refractivity contribution in [2.45, 2.75) is 43.5 Å². The molecule has 0 aliphatic carbocycles. The molecule has 1 saturated heterocycles. The zero-order valence-electron chi connectivity index (χ0n) is 19.8. The molecule has 35 heavy (non-hydrogen) atoms. The summed E-state index contributed by atoms with van der Waals surface area (Å²) in [7, 11) is -3.42. The van der Waals surface area contributed by atoms with E-state index in [9.17, 15) is 17.2 Å². The lowest BCUT2D eigenvalue weighted by Gasteiger charge is -2.34. The molecule has 0 amide bonds. The normalized spacial score (nSPS) is 17.1. The Balaban J connectivity index is 1.63. The number of aryl methyl sites for hydroxylation is 1. The predicted molar refractivity (Wildman–Crippen MR) is 133 cm³/mol. The summed E-state index contributed by atoms with van der Waals surface area (Å²) >= 11 is 0. The number of pyridine rings is 1. The van der Waals surface area contributed by atoms with E-state index in [1.54, 1.807) is 30.6 Å². The van der Waals surface area contributed by atoms with Crippen LogP contribution in [0.5, 0.6) is 0 Å². The van der Waals surface area contributed by atoms with Crippen molar-refractivity contribution >= 4 is 37.8 Å². The molecule has 3 heterocycles. The van der Waals surface area contributed by atoms with Gasteiger partial charge in [0.15, 0.2) is 15.5 Å².